The summed E-state index contributed by atoms with van der Waals surface area (Å²) in [6, 6.07) is 15.8. The Kier molecular flexibility index (Phi) is 3.44. The van der Waals surface area contributed by atoms with Crippen LogP contribution < -0.4 is 15.2 Å². The number of benzene rings is 2. The molecule has 0 saturated carbocycles. The van der Waals surface area contributed by atoms with E-state index in [4.69, 9.17) is 5.10 Å². The molecule has 3 aromatic rings. The van der Waals surface area contributed by atoms with Crippen LogP contribution in [0.5, 0.6) is 0 Å². The van der Waals surface area contributed by atoms with E-state index in [9.17, 15) is 4.79 Å². The molecule has 2 aromatic carbocycles. The Morgan fingerprint density at radius 1 is 1.10 bits per heavy atom. The number of fused-ring (bicyclic) bond motifs is 3. The van der Waals surface area contributed by atoms with Gasteiger partial charge in [0.15, 0.2) is 11.9 Å². The number of hydrogen-bond donors (Lipinski definition) is 2. The molecule has 0 bridgehead atoms. The fourth-order valence-electron chi connectivity index (χ4n) is 3.91. The Morgan fingerprint density at radius 3 is 3.03 bits per heavy atom. The molecule has 1 unspecified atom stereocenters. The van der Waals surface area contributed by atoms with Gasteiger partial charge in [-0.05, 0) is 41.0 Å². The van der Waals surface area contributed by atoms with Crippen LogP contribution in [0.15, 0.2) is 82.2 Å². The van der Waals surface area contributed by atoms with E-state index < -0.39 is 0 Å². The van der Waals surface area contributed by atoms with Gasteiger partial charge in [0.05, 0.1) is 18.1 Å². The van der Waals surface area contributed by atoms with Gasteiger partial charge in [0.2, 0.25) is 5.91 Å². The number of aromatic nitrogens is 1. The maximum Gasteiger partial charge on any atom is 0.287 e. The van der Waals surface area contributed by atoms with Gasteiger partial charge in [-0.15, -0.1) is 0 Å². The molecule has 0 fully saturated rings. The van der Waals surface area contributed by atoms with E-state index in [1.165, 1.54) is 0 Å². The highest BCUT2D eigenvalue weighted by atomic mass is 16.1. The van der Waals surface area contributed by atoms with Crippen molar-refractivity contribution in [2.24, 2.45) is 15.1 Å². The van der Waals surface area contributed by atoms with E-state index in [1.54, 1.807) is 18.6 Å². The highest BCUT2D eigenvalue weighted by Gasteiger charge is 2.43. The number of nitrogens with zero attached hydrogens (tertiary/aromatic N) is 5. The number of pyridine rings is 1. The predicted octanol–water partition coefficient (Wildman–Crippen LogP) is 3.39. The molecule has 8 nitrogen and oxygen atoms in total. The zero-order chi connectivity index (χ0) is 20.1. The van der Waals surface area contributed by atoms with Crippen molar-refractivity contribution in [3.8, 4) is 0 Å². The molecule has 6 rings (SSSR count). The maximum absolute atomic E-state index is 11.6. The van der Waals surface area contributed by atoms with Gasteiger partial charge in [0.25, 0.3) is 11.8 Å². The monoisotopic (exact) mass is 394 g/mol. The van der Waals surface area contributed by atoms with Gasteiger partial charge >= 0.3 is 0 Å². The smallest absolute Gasteiger partial charge is 0.287 e. The first-order valence-electron chi connectivity index (χ1n) is 9.54. The van der Waals surface area contributed by atoms with Crippen molar-refractivity contribution in [3.05, 3.63) is 72.7 Å². The maximum atomic E-state index is 11.6. The number of nitrogens with one attached hydrogen (secondary N) is 2. The lowest BCUT2D eigenvalue weighted by Crippen LogP contribution is -2.44. The lowest BCUT2D eigenvalue weighted by molar-refractivity contribution is -0.115. The van der Waals surface area contributed by atoms with E-state index >= 15 is 0 Å². The molecule has 1 atom stereocenters. The van der Waals surface area contributed by atoms with Crippen molar-refractivity contribution in [1.82, 2.24) is 9.58 Å². The molecule has 0 saturated heterocycles. The van der Waals surface area contributed by atoms with Gasteiger partial charge in [-0.3, -0.25) is 14.8 Å². The summed E-state index contributed by atoms with van der Waals surface area (Å²) in [4.78, 5) is 25.0. The Morgan fingerprint density at radius 2 is 2.07 bits per heavy atom. The van der Waals surface area contributed by atoms with Gasteiger partial charge in [-0.25, -0.2) is 0 Å². The molecule has 8 heteroatoms. The van der Waals surface area contributed by atoms with Crippen LogP contribution in [0, 0.1) is 0 Å². The van der Waals surface area contributed by atoms with Crippen molar-refractivity contribution >= 4 is 51.9 Å². The number of amides is 1. The normalized spacial score (nSPS) is 21.1. The number of anilines is 2. The van der Waals surface area contributed by atoms with Gasteiger partial charge in [0.1, 0.15) is 6.21 Å². The highest BCUT2D eigenvalue weighted by molar-refractivity contribution is 6.38. The van der Waals surface area contributed by atoms with E-state index in [0.29, 0.717) is 18.2 Å². The molecule has 2 N–H and O–H groups in total. The van der Waals surface area contributed by atoms with E-state index in [0.717, 1.165) is 33.5 Å². The predicted molar refractivity (Wildman–Crippen MR) is 118 cm³/mol. The summed E-state index contributed by atoms with van der Waals surface area (Å²) in [7, 11) is 0. The summed E-state index contributed by atoms with van der Waals surface area (Å²) in [5, 5.41) is 12.0. The minimum Gasteiger partial charge on any atom is -0.326 e. The summed E-state index contributed by atoms with van der Waals surface area (Å²) < 4.78 is 0.0866. The number of carbonyl (C=O) groups excluding carboxylic acids is 1. The summed E-state index contributed by atoms with van der Waals surface area (Å²) in [5.74, 6) is 1.17. The summed E-state index contributed by atoms with van der Waals surface area (Å²) in [6.07, 6.45) is 7.49. The second-order valence-electron chi connectivity index (χ2n) is 7.26. The standard InChI is InChI=1S/C22H15N7O/c30-21-11-15-10-16(4-6-18(15)26-21)25-22-27-20-13-23-8-9-29(20,28-22)17-5-3-14-2-1-7-24-19(14)12-17/h1-10,12-13H,11H2,(H-,23,25,26,27,28,30)/p+1. The first-order valence-corrected chi connectivity index (χ1v) is 9.54. The molecule has 0 spiro atoms. The Hall–Kier alpha value is -4.17. The van der Waals surface area contributed by atoms with E-state index in [-0.39, 0.29) is 10.5 Å². The first kappa shape index (κ1) is 16.8. The lowest BCUT2D eigenvalue weighted by Gasteiger charge is -2.23. The minimum absolute atomic E-state index is 0.00787. The van der Waals surface area contributed by atoms with Crippen LogP contribution in [-0.4, -0.2) is 28.9 Å². The Labute approximate surface area is 171 Å². The van der Waals surface area contributed by atoms with Crippen molar-refractivity contribution in [2.75, 3.05) is 10.6 Å². The number of hydrogen-bond acceptors (Lipinski definition) is 6. The average molecular weight is 394 g/mol. The van der Waals surface area contributed by atoms with Gasteiger partial charge in [0, 0.05) is 35.1 Å². The van der Waals surface area contributed by atoms with Crippen molar-refractivity contribution in [3.63, 3.8) is 0 Å². The molecule has 30 heavy (non-hydrogen) atoms. The highest BCUT2D eigenvalue weighted by Crippen LogP contribution is 2.33. The third-order valence-corrected chi connectivity index (χ3v) is 5.35. The van der Waals surface area contributed by atoms with Crippen LogP contribution in [0.2, 0.25) is 0 Å². The summed E-state index contributed by atoms with van der Waals surface area (Å²) in [5.41, 5.74) is 4.45. The largest absolute Gasteiger partial charge is 0.326 e. The number of amidine groups is 1. The van der Waals surface area contributed by atoms with Crippen molar-refractivity contribution in [1.29, 1.82) is 0 Å². The molecule has 3 aliphatic heterocycles. The number of carbonyl (C=O) groups is 1. The topological polar surface area (TPSA) is 91.1 Å². The lowest BCUT2D eigenvalue weighted by atomic mass is 10.1. The fraction of sp³-hybridized carbons (Fsp3) is 0.0455. The van der Waals surface area contributed by atoms with Crippen LogP contribution in [0.4, 0.5) is 17.1 Å². The fourth-order valence-corrected chi connectivity index (χ4v) is 3.91. The number of aliphatic imine (C=N–C) groups is 2. The van der Waals surface area contributed by atoms with Crippen LogP contribution in [-0.2, 0) is 11.2 Å². The van der Waals surface area contributed by atoms with Crippen molar-refractivity contribution in [2.45, 2.75) is 6.42 Å². The van der Waals surface area contributed by atoms with E-state index in [2.05, 4.69) is 25.6 Å². The molecular weight excluding hydrogens is 378 g/mol. The zero-order valence-corrected chi connectivity index (χ0v) is 15.8. The van der Waals surface area contributed by atoms with Crippen LogP contribution in [0.1, 0.15) is 5.56 Å². The molecule has 1 aromatic heterocycles. The van der Waals surface area contributed by atoms with Gasteiger partial charge in [-0.2, -0.15) is 4.99 Å². The zero-order valence-electron chi connectivity index (χ0n) is 15.8. The third-order valence-electron chi connectivity index (χ3n) is 5.35. The third kappa shape index (κ3) is 2.55. The van der Waals surface area contributed by atoms with Gasteiger partial charge in [-0.1, -0.05) is 10.7 Å². The molecule has 0 aliphatic carbocycles. The summed E-state index contributed by atoms with van der Waals surface area (Å²) >= 11 is 0. The Balaban J connectivity index is 1.39. The van der Waals surface area contributed by atoms with Gasteiger partial charge < -0.3 is 10.6 Å². The van der Waals surface area contributed by atoms with Crippen molar-refractivity contribution < 1.29 is 4.79 Å². The minimum atomic E-state index is 0.00787. The molecule has 1 amide bonds. The molecular formula is C22H16N7O+. The number of quaternary nitrogens is 1. The summed E-state index contributed by atoms with van der Waals surface area (Å²) in [6.45, 7) is 0. The second-order valence-corrected chi connectivity index (χ2v) is 7.26. The SMILES string of the molecule is O=C1Cc2cc(NC3=N[N+]4(c5ccc6cccnc6c5)C=CN=CC4=N3)ccc2N1. The Bertz CT molecular complexity index is 1350. The van der Waals surface area contributed by atoms with Crippen LogP contribution >= 0.6 is 0 Å². The average Bonchev–Trinajstić information content (AvgIpc) is 3.32. The molecule has 3 aliphatic rings. The number of guanidine groups is 1. The van der Waals surface area contributed by atoms with Crippen LogP contribution in [0.25, 0.3) is 10.9 Å². The number of rotatable bonds is 2. The van der Waals surface area contributed by atoms with Crippen LogP contribution in [0.3, 0.4) is 0 Å². The molecule has 0 radical (unpaired) electrons. The quantitative estimate of drug-likeness (QED) is 0.653. The second kappa shape index (κ2) is 6.16. The molecule has 4 heterocycles. The van der Waals surface area contributed by atoms with E-state index in [1.807, 2.05) is 54.7 Å². The first-order chi connectivity index (χ1) is 14.7. The molecule has 144 valence electrons.